The Balaban J connectivity index is 2.52. The Kier molecular flexibility index (Phi) is 3.16. The summed E-state index contributed by atoms with van der Waals surface area (Å²) in [5.41, 5.74) is 0.520. The highest BCUT2D eigenvalue weighted by molar-refractivity contribution is 7.13. The normalized spacial score (nSPS) is 10.8. The van der Waals surface area contributed by atoms with Crippen LogP contribution in [0.4, 0.5) is 13.2 Å². The Morgan fingerprint density at radius 3 is 2.56 bits per heavy atom. The maximum absolute atomic E-state index is 13.4. The minimum absolute atomic E-state index is 0.0553. The van der Waals surface area contributed by atoms with Gasteiger partial charge in [0.2, 0.25) is 0 Å². The second-order valence-electron chi connectivity index (χ2n) is 3.00. The fourth-order valence-corrected chi connectivity index (χ4v) is 2.25. The standard InChI is InChI=1S/C10H5ClF3NS/c11-3-5-4-16-10(15-5)6-1-2-7(12)9(14)8(6)13/h1-2,4H,3H2. The quantitative estimate of drug-likeness (QED) is 0.590. The molecule has 0 unspecified atom stereocenters. The van der Waals surface area contributed by atoms with Gasteiger partial charge in [0.05, 0.1) is 11.6 Å². The molecule has 84 valence electrons. The summed E-state index contributed by atoms with van der Waals surface area (Å²) in [5.74, 6) is -3.73. The molecule has 6 heteroatoms. The molecule has 0 N–H and O–H groups in total. The number of hydrogen-bond donors (Lipinski definition) is 0. The molecule has 0 saturated heterocycles. The number of aromatic nitrogens is 1. The van der Waals surface area contributed by atoms with Gasteiger partial charge in [-0.3, -0.25) is 0 Å². The van der Waals surface area contributed by atoms with E-state index in [-0.39, 0.29) is 16.5 Å². The molecule has 0 aliphatic heterocycles. The molecule has 0 saturated carbocycles. The van der Waals surface area contributed by atoms with Crippen molar-refractivity contribution < 1.29 is 13.2 Å². The first kappa shape index (κ1) is 11.4. The average molecular weight is 264 g/mol. The first-order chi connectivity index (χ1) is 7.63. The SMILES string of the molecule is Fc1ccc(-c2nc(CCl)cs2)c(F)c1F. The smallest absolute Gasteiger partial charge is 0.195 e. The summed E-state index contributed by atoms with van der Waals surface area (Å²) in [6.07, 6.45) is 0. The first-order valence-corrected chi connectivity index (χ1v) is 5.69. The van der Waals surface area contributed by atoms with Crippen LogP contribution in [0.1, 0.15) is 5.69 Å². The topological polar surface area (TPSA) is 12.9 Å². The summed E-state index contributed by atoms with van der Waals surface area (Å²) in [7, 11) is 0. The predicted octanol–water partition coefficient (Wildman–Crippen LogP) is 3.97. The monoisotopic (exact) mass is 263 g/mol. The molecule has 1 nitrogen and oxygen atoms in total. The number of alkyl halides is 1. The second-order valence-corrected chi connectivity index (χ2v) is 4.13. The lowest BCUT2D eigenvalue weighted by molar-refractivity contribution is 0.449. The minimum atomic E-state index is -1.49. The van der Waals surface area contributed by atoms with Crippen LogP contribution in [0.5, 0.6) is 0 Å². The molecule has 0 bridgehead atoms. The van der Waals surface area contributed by atoms with Gasteiger partial charge in [-0.1, -0.05) is 0 Å². The molecule has 16 heavy (non-hydrogen) atoms. The lowest BCUT2D eigenvalue weighted by atomic mass is 10.2. The van der Waals surface area contributed by atoms with E-state index in [1.165, 1.54) is 0 Å². The van der Waals surface area contributed by atoms with Crippen LogP contribution < -0.4 is 0 Å². The van der Waals surface area contributed by atoms with Gasteiger partial charge in [-0.05, 0) is 12.1 Å². The van der Waals surface area contributed by atoms with Crippen LogP contribution in [0.2, 0.25) is 0 Å². The van der Waals surface area contributed by atoms with Crippen molar-refractivity contribution in [3.63, 3.8) is 0 Å². The zero-order valence-electron chi connectivity index (χ0n) is 7.81. The van der Waals surface area contributed by atoms with Gasteiger partial charge in [0.25, 0.3) is 0 Å². The van der Waals surface area contributed by atoms with Crippen LogP contribution in [0.15, 0.2) is 17.5 Å². The van der Waals surface area contributed by atoms with Gasteiger partial charge in [0, 0.05) is 10.9 Å². The highest BCUT2D eigenvalue weighted by Crippen LogP contribution is 2.28. The van der Waals surface area contributed by atoms with E-state index in [1.807, 2.05) is 0 Å². The molecule has 0 radical (unpaired) electrons. The third-order valence-electron chi connectivity index (χ3n) is 1.95. The Labute approximate surface area is 98.5 Å². The van der Waals surface area contributed by atoms with Gasteiger partial charge in [-0.2, -0.15) is 0 Å². The van der Waals surface area contributed by atoms with E-state index in [0.29, 0.717) is 5.69 Å². The number of thiazole rings is 1. The van der Waals surface area contributed by atoms with Gasteiger partial charge < -0.3 is 0 Å². The fraction of sp³-hybridized carbons (Fsp3) is 0.100. The molecule has 2 aromatic rings. The molecule has 0 spiro atoms. The maximum Gasteiger partial charge on any atom is 0.195 e. The fourth-order valence-electron chi connectivity index (χ4n) is 1.18. The van der Waals surface area contributed by atoms with Gasteiger partial charge in [-0.15, -0.1) is 22.9 Å². The van der Waals surface area contributed by atoms with Crippen molar-refractivity contribution in [1.82, 2.24) is 4.98 Å². The molecular formula is C10H5ClF3NS. The summed E-state index contributed by atoms with van der Waals surface area (Å²) in [5, 5.41) is 1.93. The Morgan fingerprint density at radius 2 is 1.94 bits per heavy atom. The van der Waals surface area contributed by atoms with Gasteiger partial charge >= 0.3 is 0 Å². The van der Waals surface area contributed by atoms with Crippen molar-refractivity contribution in [3.8, 4) is 10.6 Å². The van der Waals surface area contributed by atoms with E-state index >= 15 is 0 Å². The van der Waals surface area contributed by atoms with Crippen molar-refractivity contribution in [2.24, 2.45) is 0 Å². The number of rotatable bonds is 2. The summed E-state index contributed by atoms with van der Waals surface area (Å²) in [6.45, 7) is 0. The molecule has 0 fully saturated rings. The van der Waals surface area contributed by atoms with Crippen LogP contribution in [-0.2, 0) is 5.88 Å². The second kappa shape index (κ2) is 4.43. The van der Waals surface area contributed by atoms with Crippen molar-refractivity contribution in [2.45, 2.75) is 5.88 Å². The van der Waals surface area contributed by atoms with E-state index in [0.717, 1.165) is 23.5 Å². The summed E-state index contributed by atoms with van der Waals surface area (Å²) < 4.78 is 39.0. The number of nitrogens with zero attached hydrogens (tertiary/aromatic N) is 1. The molecule has 1 heterocycles. The summed E-state index contributed by atoms with van der Waals surface area (Å²) >= 11 is 6.67. The average Bonchev–Trinajstić information content (AvgIpc) is 2.74. The van der Waals surface area contributed by atoms with E-state index in [4.69, 9.17) is 11.6 Å². The Hall–Kier alpha value is -1.07. The van der Waals surface area contributed by atoms with Crippen molar-refractivity contribution in [3.05, 3.63) is 40.7 Å². The van der Waals surface area contributed by atoms with E-state index in [1.54, 1.807) is 5.38 Å². The van der Waals surface area contributed by atoms with Crippen LogP contribution >= 0.6 is 22.9 Å². The summed E-state index contributed by atoms with van der Waals surface area (Å²) in [4.78, 5) is 3.99. The number of hydrogen-bond acceptors (Lipinski definition) is 2. The van der Waals surface area contributed by atoms with Crippen molar-refractivity contribution in [2.75, 3.05) is 0 Å². The van der Waals surface area contributed by atoms with E-state index in [9.17, 15) is 13.2 Å². The van der Waals surface area contributed by atoms with Crippen LogP contribution in [0.3, 0.4) is 0 Å². The van der Waals surface area contributed by atoms with E-state index < -0.39 is 17.5 Å². The molecule has 0 atom stereocenters. The zero-order valence-corrected chi connectivity index (χ0v) is 9.38. The van der Waals surface area contributed by atoms with Crippen LogP contribution in [-0.4, -0.2) is 4.98 Å². The Bertz CT molecular complexity index is 527. The molecule has 1 aromatic carbocycles. The number of benzene rings is 1. The minimum Gasteiger partial charge on any atom is -0.240 e. The molecule has 0 aliphatic rings. The molecular weight excluding hydrogens is 259 g/mol. The predicted molar refractivity (Wildman–Crippen MR) is 57.0 cm³/mol. The third kappa shape index (κ3) is 1.92. The van der Waals surface area contributed by atoms with Gasteiger partial charge in [-0.25, -0.2) is 18.2 Å². The van der Waals surface area contributed by atoms with Crippen molar-refractivity contribution >= 4 is 22.9 Å². The highest BCUT2D eigenvalue weighted by Gasteiger charge is 2.16. The van der Waals surface area contributed by atoms with Crippen LogP contribution in [0.25, 0.3) is 10.6 Å². The maximum atomic E-state index is 13.4. The van der Waals surface area contributed by atoms with Gasteiger partial charge in [0.1, 0.15) is 5.01 Å². The zero-order chi connectivity index (χ0) is 11.7. The molecule has 1 aromatic heterocycles. The lowest BCUT2D eigenvalue weighted by Gasteiger charge is -2.00. The molecule has 0 aliphatic carbocycles. The van der Waals surface area contributed by atoms with Crippen molar-refractivity contribution in [1.29, 1.82) is 0 Å². The molecule has 0 amide bonds. The Morgan fingerprint density at radius 1 is 1.19 bits per heavy atom. The number of halogens is 4. The van der Waals surface area contributed by atoms with Crippen LogP contribution in [0, 0.1) is 17.5 Å². The van der Waals surface area contributed by atoms with E-state index in [2.05, 4.69) is 4.98 Å². The third-order valence-corrected chi connectivity index (χ3v) is 3.15. The van der Waals surface area contributed by atoms with Gasteiger partial charge in [0.15, 0.2) is 17.5 Å². The summed E-state index contributed by atoms with van der Waals surface area (Å²) in [6, 6.07) is 2.03. The lowest BCUT2D eigenvalue weighted by Crippen LogP contribution is -1.93. The largest absolute Gasteiger partial charge is 0.240 e. The molecule has 2 rings (SSSR count). The first-order valence-electron chi connectivity index (χ1n) is 4.27. The highest BCUT2D eigenvalue weighted by atomic mass is 35.5.